The standard InChI is InChI=1S/C16H23FN2O3/c1-11(2)16(3,22)10-19-15(21)9-18-14(20)8-12-5-4-6-13(17)7-12/h4-7,11,22H,8-10H2,1-3H3,(H,18,20)(H,19,21). The monoisotopic (exact) mass is 310 g/mol. The van der Waals surface area contributed by atoms with Crippen LogP contribution in [0.25, 0.3) is 0 Å². The van der Waals surface area contributed by atoms with Gasteiger partial charge in [0.25, 0.3) is 0 Å². The van der Waals surface area contributed by atoms with Gasteiger partial charge in [-0.3, -0.25) is 9.59 Å². The van der Waals surface area contributed by atoms with E-state index in [1.165, 1.54) is 18.2 Å². The van der Waals surface area contributed by atoms with E-state index < -0.39 is 11.4 Å². The number of carbonyl (C=O) groups is 2. The summed E-state index contributed by atoms with van der Waals surface area (Å²) in [5, 5.41) is 15.0. The zero-order chi connectivity index (χ0) is 16.8. The number of amides is 2. The van der Waals surface area contributed by atoms with Gasteiger partial charge in [-0.1, -0.05) is 26.0 Å². The third-order valence-corrected chi connectivity index (χ3v) is 3.59. The zero-order valence-corrected chi connectivity index (χ0v) is 13.1. The molecule has 22 heavy (non-hydrogen) atoms. The number of hydrogen-bond acceptors (Lipinski definition) is 3. The van der Waals surface area contributed by atoms with Gasteiger partial charge in [0, 0.05) is 6.54 Å². The van der Waals surface area contributed by atoms with Gasteiger partial charge in [-0.2, -0.15) is 0 Å². The van der Waals surface area contributed by atoms with Crippen molar-refractivity contribution in [2.75, 3.05) is 13.1 Å². The lowest BCUT2D eigenvalue weighted by molar-refractivity contribution is -0.126. The van der Waals surface area contributed by atoms with Crippen molar-refractivity contribution in [2.24, 2.45) is 5.92 Å². The number of hydrogen-bond donors (Lipinski definition) is 3. The maximum Gasteiger partial charge on any atom is 0.239 e. The number of benzene rings is 1. The van der Waals surface area contributed by atoms with Crippen molar-refractivity contribution >= 4 is 11.8 Å². The molecule has 122 valence electrons. The van der Waals surface area contributed by atoms with Crippen molar-refractivity contribution in [1.82, 2.24) is 10.6 Å². The molecule has 2 amide bonds. The molecule has 3 N–H and O–H groups in total. The minimum Gasteiger partial charge on any atom is -0.388 e. The fraction of sp³-hybridized carbons (Fsp3) is 0.500. The molecule has 1 aromatic carbocycles. The van der Waals surface area contributed by atoms with Crippen molar-refractivity contribution < 1.29 is 19.1 Å². The first-order valence-electron chi connectivity index (χ1n) is 7.21. The van der Waals surface area contributed by atoms with Gasteiger partial charge in [0.2, 0.25) is 11.8 Å². The molecule has 1 atom stereocenters. The van der Waals surface area contributed by atoms with Crippen LogP contribution in [0.15, 0.2) is 24.3 Å². The SMILES string of the molecule is CC(C)C(C)(O)CNC(=O)CNC(=O)Cc1cccc(F)c1. The Morgan fingerprint density at radius 1 is 1.27 bits per heavy atom. The highest BCUT2D eigenvalue weighted by atomic mass is 19.1. The first kappa shape index (κ1) is 18.1. The molecule has 6 heteroatoms. The van der Waals surface area contributed by atoms with Gasteiger partial charge in [-0.15, -0.1) is 0 Å². The van der Waals surface area contributed by atoms with Crippen molar-refractivity contribution in [2.45, 2.75) is 32.8 Å². The van der Waals surface area contributed by atoms with E-state index in [1.807, 2.05) is 13.8 Å². The summed E-state index contributed by atoms with van der Waals surface area (Å²) >= 11 is 0. The number of carbonyl (C=O) groups excluding carboxylic acids is 2. The second-order valence-corrected chi connectivity index (χ2v) is 5.87. The van der Waals surface area contributed by atoms with Gasteiger partial charge in [0.15, 0.2) is 0 Å². The maximum atomic E-state index is 13.0. The second kappa shape index (κ2) is 7.89. The molecule has 0 aliphatic carbocycles. The van der Waals surface area contributed by atoms with Crippen LogP contribution in [-0.4, -0.2) is 35.6 Å². The van der Waals surface area contributed by atoms with E-state index in [0.29, 0.717) is 5.56 Å². The molecule has 1 rings (SSSR count). The molecule has 0 bridgehead atoms. The Labute approximate surface area is 129 Å². The number of rotatable bonds is 7. The lowest BCUT2D eigenvalue weighted by Gasteiger charge is -2.27. The summed E-state index contributed by atoms with van der Waals surface area (Å²) in [6.07, 6.45) is 0.00868. The van der Waals surface area contributed by atoms with Crippen LogP contribution in [0.1, 0.15) is 26.3 Å². The normalized spacial score (nSPS) is 13.5. The van der Waals surface area contributed by atoms with Crippen LogP contribution in [0.3, 0.4) is 0 Å². The Kier molecular flexibility index (Phi) is 6.49. The molecule has 5 nitrogen and oxygen atoms in total. The third kappa shape index (κ3) is 6.22. The molecule has 1 aromatic rings. The lowest BCUT2D eigenvalue weighted by Crippen LogP contribution is -2.47. The predicted molar refractivity (Wildman–Crippen MR) is 81.6 cm³/mol. The number of halogens is 1. The highest BCUT2D eigenvalue weighted by molar-refractivity contribution is 5.85. The van der Waals surface area contributed by atoms with Gasteiger partial charge in [0.05, 0.1) is 18.6 Å². The Bertz CT molecular complexity index is 530. The summed E-state index contributed by atoms with van der Waals surface area (Å²) in [6.45, 7) is 5.28. The van der Waals surface area contributed by atoms with Crippen molar-refractivity contribution in [3.8, 4) is 0 Å². The first-order valence-corrected chi connectivity index (χ1v) is 7.21. The van der Waals surface area contributed by atoms with Crippen LogP contribution in [0.4, 0.5) is 4.39 Å². The summed E-state index contributed by atoms with van der Waals surface area (Å²) in [6, 6.07) is 5.75. The van der Waals surface area contributed by atoms with E-state index in [2.05, 4.69) is 10.6 Å². The minimum absolute atomic E-state index is 0.00429. The number of nitrogens with one attached hydrogen (secondary N) is 2. The lowest BCUT2D eigenvalue weighted by atomic mass is 9.92. The zero-order valence-electron chi connectivity index (χ0n) is 13.1. The van der Waals surface area contributed by atoms with Crippen LogP contribution in [0.2, 0.25) is 0 Å². The molecular weight excluding hydrogens is 287 g/mol. The average molecular weight is 310 g/mol. The topological polar surface area (TPSA) is 78.4 Å². The summed E-state index contributed by atoms with van der Waals surface area (Å²) in [7, 11) is 0. The molecule has 0 saturated heterocycles. The van der Waals surface area contributed by atoms with Crippen molar-refractivity contribution in [3.05, 3.63) is 35.6 Å². The van der Waals surface area contributed by atoms with E-state index in [0.717, 1.165) is 0 Å². The molecular formula is C16H23FN2O3. The Hall–Kier alpha value is -1.95. The van der Waals surface area contributed by atoms with Gasteiger partial charge in [-0.25, -0.2) is 4.39 Å². The van der Waals surface area contributed by atoms with Crippen LogP contribution < -0.4 is 10.6 Å². The Balaban J connectivity index is 2.33. The summed E-state index contributed by atoms with van der Waals surface area (Å²) in [4.78, 5) is 23.3. The fourth-order valence-electron chi connectivity index (χ4n) is 1.62. The summed E-state index contributed by atoms with van der Waals surface area (Å²) in [5.74, 6) is -1.15. The van der Waals surface area contributed by atoms with Crippen LogP contribution in [0.5, 0.6) is 0 Å². The van der Waals surface area contributed by atoms with Gasteiger partial charge < -0.3 is 15.7 Å². The van der Waals surface area contributed by atoms with Crippen LogP contribution in [0, 0.1) is 11.7 Å². The molecule has 0 aliphatic heterocycles. The number of aliphatic hydroxyl groups is 1. The maximum absolute atomic E-state index is 13.0. The van der Waals surface area contributed by atoms with Crippen molar-refractivity contribution in [1.29, 1.82) is 0 Å². The van der Waals surface area contributed by atoms with E-state index in [4.69, 9.17) is 0 Å². The van der Waals surface area contributed by atoms with Gasteiger partial charge >= 0.3 is 0 Å². The minimum atomic E-state index is -0.999. The third-order valence-electron chi connectivity index (χ3n) is 3.59. The summed E-state index contributed by atoms with van der Waals surface area (Å²) in [5.41, 5.74) is -0.457. The highest BCUT2D eigenvalue weighted by Crippen LogP contribution is 2.14. The highest BCUT2D eigenvalue weighted by Gasteiger charge is 2.25. The van der Waals surface area contributed by atoms with Gasteiger partial charge in [0.1, 0.15) is 5.82 Å². The second-order valence-electron chi connectivity index (χ2n) is 5.87. The first-order chi connectivity index (χ1) is 10.2. The van der Waals surface area contributed by atoms with E-state index >= 15 is 0 Å². The van der Waals surface area contributed by atoms with Crippen LogP contribution in [-0.2, 0) is 16.0 Å². The van der Waals surface area contributed by atoms with E-state index in [9.17, 15) is 19.1 Å². The molecule has 0 aliphatic rings. The molecule has 0 saturated carbocycles. The molecule has 0 spiro atoms. The average Bonchev–Trinajstić information content (AvgIpc) is 2.43. The Morgan fingerprint density at radius 2 is 1.95 bits per heavy atom. The fourth-order valence-corrected chi connectivity index (χ4v) is 1.62. The smallest absolute Gasteiger partial charge is 0.239 e. The van der Waals surface area contributed by atoms with E-state index in [-0.39, 0.29) is 37.2 Å². The molecule has 0 fully saturated rings. The summed E-state index contributed by atoms with van der Waals surface area (Å²) < 4.78 is 13.0. The largest absolute Gasteiger partial charge is 0.388 e. The molecule has 0 heterocycles. The van der Waals surface area contributed by atoms with Crippen molar-refractivity contribution in [3.63, 3.8) is 0 Å². The Morgan fingerprint density at radius 3 is 2.55 bits per heavy atom. The molecule has 0 aromatic heterocycles. The molecule has 0 radical (unpaired) electrons. The van der Waals surface area contributed by atoms with Crippen LogP contribution >= 0.6 is 0 Å². The molecule has 1 unspecified atom stereocenters. The quantitative estimate of drug-likeness (QED) is 0.703. The predicted octanol–water partition coefficient (Wildman–Crippen LogP) is 1.01. The van der Waals surface area contributed by atoms with Gasteiger partial charge in [-0.05, 0) is 30.5 Å². The van der Waals surface area contributed by atoms with E-state index in [1.54, 1.807) is 13.0 Å².